The van der Waals surface area contributed by atoms with E-state index in [-0.39, 0.29) is 37.5 Å². The zero-order chi connectivity index (χ0) is 43.0. The molecule has 0 bridgehead atoms. The Hall–Kier alpha value is -2.63. The van der Waals surface area contributed by atoms with E-state index in [2.05, 4.69) is 63.3 Å². The molecule has 0 saturated carbocycles. The largest absolute Gasteiger partial charge is 0.462 e. The standard InChI is InChI=1S/C53H94O6/c1-4-7-10-13-16-19-22-25-26-29-31-34-37-40-43-46-52(55)58-49-50(59-53(56)47-44-41-38-35-32-28-24-21-18-15-12-9-6-3)48-57-51(54)45-42-39-36-33-30-27-23-20-17-14-11-8-5-2/h16,19,22,25,28,32,38,41,50H,4-15,17-18,20-21,23-24,26-27,29-31,33-37,39-40,42-49H2,1-3H3/b19-16+,25-22+,32-28+,41-38+. The van der Waals surface area contributed by atoms with Gasteiger partial charge in [-0.2, -0.15) is 0 Å². The first-order valence-corrected chi connectivity index (χ1v) is 25.2. The van der Waals surface area contributed by atoms with E-state index in [4.69, 9.17) is 14.2 Å². The smallest absolute Gasteiger partial charge is 0.306 e. The summed E-state index contributed by atoms with van der Waals surface area (Å²) >= 11 is 0. The van der Waals surface area contributed by atoms with Crippen molar-refractivity contribution < 1.29 is 28.6 Å². The topological polar surface area (TPSA) is 78.9 Å². The highest BCUT2D eigenvalue weighted by Crippen LogP contribution is 2.14. The molecule has 0 aliphatic carbocycles. The normalized spacial score (nSPS) is 12.4. The minimum absolute atomic E-state index is 0.0973. The fraction of sp³-hybridized carbons (Fsp3) is 0.792. The summed E-state index contributed by atoms with van der Waals surface area (Å²) < 4.78 is 16.7. The average molecular weight is 827 g/mol. The average Bonchev–Trinajstić information content (AvgIpc) is 3.23. The number of allylic oxidation sites excluding steroid dienone is 8. The van der Waals surface area contributed by atoms with Crippen molar-refractivity contribution in [3.05, 3.63) is 48.6 Å². The Morgan fingerprint density at radius 2 is 0.695 bits per heavy atom. The molecule has 1 atom stereocenters. The van der Waals surface area contributed by atoms with Crippen molar-refractivity contribution in [2.45, 2.75) is 258 Å². The second kappa shape index (κ2) is 48.0. The van der Waals surface area contributed by atoms with Crippen molar-refractivity contribution >= 4 is 17.9 Å². The van der Waals surface area contributed by atoms with Crippen LogP contribution in [0.5, 0.6) is 0 Å². The lowest BCUT2D eigenvalue weighted by Gasteiger charge is -2.18. The van der Waals surface area contributed by atoms with Gasteiger partial charge in [-0.1, -0.05) is 217 Å². The summed E-state index contributed by atoms with van der Waals surface area (Å²) in [4.78, 5) is 37.8. The van der Waals surface area contributed by atoms with Gasteiger partial charge in [0.1, 0.15) is 13.2 Å². The zero-order valence-corrected chi connectivity index (χ0v) is 39.0. The van der Waals surface area contributed by atoms with Gasteiger partial charge in [0.2, 0.25) is 0 Å². The maximum absolute atomic E-state index is 12.7. The lowest BCUT2D eigenvalue weighted by Crippen LogP contribution is -2.30. The van der Waals surface area contributed by atoms with Crippen molar-refractivity contribution in [1.82, 2.24) is 0 Å². The molecule has 0 amide bonds. The molecule has 342 valence electrons. The molecule has 0 heterocycles. The number of hydrogen-bond donors (Lipinski definition) is 0. The van der Waals surface area contributed by atoms with Crippen LogP contribution in [0.4, 0.5) is 0 Å². The maximum Gasteiger partial charge on any atom is 0.306 e. The first-order valence-electron chi connectivity index (χ1n) is 25.2. The Morgan fingerprint density at radius 1 is 0.356 bits per heavy atom. The van der Waals surface area contributed by atoms with Crippen LogP contribution in [0, 0.1) is 0 Å². The fourth-order valence-electron chi connectivity index (χ4n) is 7.02. The van der Waals surface area contributed by atoms with E-state index in [1.807, 2.05) is 6.08 Å². The molecule has 59 heavy (non-hydrogen) atoms. The van der Waals surface area contributed by atoms with Crippen LogP contribution in [-0.2, 0) is 28.6 Å². The molecule has 0 aromatic rings. The molecule has 0 spiro atoms. The van der Waals surface area contributed by atoms with Crippen molar-refractivity contribution in [3.63, 3.8) is 0 Å². The van der Waals surface area contributed by atoms with Gasteiger partial charge in [0, 0.05) is 19.3 Å². The first-order chi connectivity index (χ1) is 29.0. The molecule has 6 heteroatoms. The Kier molecular flexibility index (Phi) is 45.9. The van der Waals surface area contributed by atoms with Crippen LogP contribution in [0.2, 0.25) is 0 Å². The monoisotopic (exact) mass is 827 g/mol. The lowest BCUT2D eigenvalue weighted by molar-refractivity contribution is -0.166. The molecule has 0 aliphatic rings. The third-order valence-electron chi connectivity index (χ3n) is 10.8. The zero-order valence-electron chi connectivity index (χ0n) is 39.0. The van der Waals surface area contributed by atoms with E-state index in [0.717, 1.165) is 57.8 Å². The summed E-state index contributed by atoms with van der Waals surface area (Å²) in [6, 6.07) is 0. The second-order valence-corrected chi connectivity index (χ2v) is 16.8. The van der Waals surface area contributed by atoms with Crippen LogP contribution in [0.15, 0.2) is 48.6 Å². The molecule has 0 fully saturated rings. The van der Waals surface area contributed by atoms with Crippen LogP contribution in [0.1, 0.15) is 252 Å². The Morgan fingerprint density at radius 3 is 1.14 bits per heavy atom. The molecule has 0 rings (SSSR count). The molecular weight excluding hydrogens is 733 g/mol. The minimum atomic E-state index is -0.804. The maximum atomic E-state index is 12.7. The van der Waals surface area contributed by atoms with Gasteiger partial charge < -0.3 is 14.2 Å². The van der Waals surface area contributed by atoms with Gasteiger partial charge >= 0.3 is 17.9 Å². The Bertz CT molecular complexity index is 1040. The molecule has 0 aromatic heterocycles. The van der Waals surface area contributed by atoms with Crippen LogP contribution in [-0.4, -0.2) is 37.2 Å². The highest BCUT2D eigenvalue weighted by atomic mass is 16.6. The van der Waals surface area contributed by atoms with Crippen LogP contribution in [0.3, 0.4) is 0 Å². The number of carbonyl (C=O) groups excluding carboxylic acids is 3. The van der Waals surface area contributed by atoms with E-state index in [1.54, 1.807) is 0 Å². The second-order valence-electron chi connectivity index (χ2n) is 16.8. The van der Waals surface area contributed by atoms with Gasteiger partial charge in [-0.15, -0.1) is 0 Å². The molecule has 6 nitrogen and oxygen atoms in total. The summed E-state index contributed by atoms with van der Waals surface area (Å²) in [5, 5.41) is 0. The van der Waals surface area contributed by atoms with Gasteiger partial charge in [-0.05, 0) is 64.2 Å². The Labute approximate surface area is 365 Å². The third kappa shape index (κ3) is 46.3. The highest BCUT2D eigenvalue weighted by molar-refractivity contribution is 5.71. The Balaban J connectivity index is 4.44. The minimum Gasteiger partial charge on any atom is -0.462 e. The first kappa shape index (κ1) is 56.4. The van der Waals surface area contributed by atoms with Gasteiger partial charge in [-0.25, -0.2) is 0 Å². The van der Waals surface area contributed by atoms with E-state index in [1.165, 1.54) is 148 Å². The van der Waals surface area contributed by atoms with Crippen LogP contribution < -0.4 is 0 Å². The van der Waals surface area contributed by atoms with Crippen molar-refractivity contribution in [1.29, 1.82) is 0 Å². The van der Waals surface area contributed by atoms with Gasteiger partial charge in [0.15, 0.2) is 6.10 Å². The number of ether oxygens (including phenoxy) is 3. The predicted octanol–water partition coefficient (Wildman–Crippen LogP) is 16.3. The fourth-order valence-corrected chi connectivity index (χ4v) is 7.02. The third-order valence-corrected chi connectivity index (χ3v) is 10.8. The SMILES string of the molecule is CCCCC/C=C/C=C/CCCCCCCCC(=O)OCC(COC(=O)CCCCCCCCCCCCCCC)OC(=O)CC/C=C/C/C=C/CCCCCCCC. The van der Waals surface area contributed by atoms with Gasteiger partial charge in [0.25, 0.3) is 0 Å². The van der Waals surface area contributed by atoms with E-state index in [9.17, 15) is 14.4 Å². The molecule has 0 saturated heterocycles. The summed E-state index contributed by atoms with van der Waals surface area (Å²) in [7, 11) is 0. The number of esters is 3. The number of rotatable bonds is 45. The highest BCUT2D eigenvalue weighted by Gasteiger charge is 2.19. The molecule has 0 aromatic carbocycles. The molecule has 0 aliphatic heterocycles. The van der Waals surface area contributed by atoms with Crippen molar-refractivity contribution in [3.8, 4) is 0 Å². The molecule has 0 radical (unpaired) electrons. The number of carbonyl (C=O) groups is 3. The molecular formula is C53H94O6. The lowest BCUT2D eigenvalue weighted by atomic mass is 10.0. The molecule has 1 unspecified atom stereocenters. The quantitative estimate of drug-likeness (QED) is 0.0200. The number of unbranched alkanes of at least 4 members (excludes halogenated alkanes) is 27. The molecule has 0 N–H and O–H groups in total. The number of hydrogen-bond acceptors (Lipinski definition) is 6. The van der Waals surface area contributed by atoms with E-state index >= 15 is 0 Å². The van der Waals surface area contributed by atoms with Gasteiger partial charge in [-0.3, -0.25) is 14.4 Å². The van der Waals surface area contributed by atoms with E-state index < -0.39 is 6.10 Å². The van der Waals surface area contributed by atoms with Crippen LogP contribution >= 0.6 is 0 Å². The van der Waals surface area contributed by atoms with E-state index in [0.29, 0.717) is 19.3 Å². The summed E-state index contributed by atoms with van der Waals surface area (Å²) in [5.74, 6) is -0.973. The summed E-state index contributed by atoms with van der Waals surface area (Å²) in [6.45, 7) is 6.55. The summed E-state index contributed by atoms with van der Waals surface area (Å²) in [5.41, 5.74) is 0. The van der Waals surface area contributed by atoms with Crippen molar-refractivity contribution in [2.24, 2.45) is 0 Å². The van der Waals surface area contributed by atoms with Crippen LogP contribution in [0.25, 0.3) is 0 Å². The van der Waals surface area contributed by atoms with Crippen molar-refractivity contribution in [2.75, 3.05) is 13.2 Å². The summed E-state index contributed by atoms with van der Waals surface area (Å²) in [6.07, 6.45) is 56.7. The van der Waals surface area contributed by atoms with Gasteiger partial charge in [0.05, 0.1) is 0 Å². The predicted molar refractivity (Wildman–Crippen MR) is 252 cm³/mol.